The molecule has 2 atom stereocenters. The zero-order valence-corrected chi connectivity index (χ0v) is 20.5. The molecule has 0 radical (unpaired) electrons. The second-order valence-electron chi connectivity index (χ2n) is 9.01. The summed E-state index contributed by atoms with van der Waals surface area (Å²) in [6.45, 7) is 3.64. The Balaban J connectivity index is 1.52. The molecule has 0 spiro atoms. The first-order valence-corrected chi connectivity index (χ1v) is 12.1. The smallest absolute Gasteiger partial charge is 0.255 e. The van der Waals surface area contributed by atoms with Gasteiger partial charge in [0.15, 0.2) is 5.69 Å². The number of primary amides is 1. The third-order valence-electron chi connectivity index (χ3n) is 6.72. The highest BCUT2D eigenvalue weighted by Gasteiger charge is 2.37. The SMILES string of the molecule is C=CC(=O)N1CC(n2nc(C#Cc3cc4ncn(C5CC5)c4cc3Cl)c(C(N)=O)c2NC)C[C@@H]1CO. The number of aromatic nitrogens is 4. The van der Waals surface area contributed by atoms with Gasteiger partial charge in [-0.3, -0.25) is 9.59 Å². The van der Waals surface area contributed by atoms with Gasteiger partial charge in [0, 0.05) is 25.2 Å². The first kappa shape index (κ1) is 23.9. The summed E-state index contributed by atoms with van der Waals surface area (Å²) < 4.78 is 3.75. The minimum absolute atomic E-state index is 0.147. The van der Waals surface area contributed by atoms with E-state index in [4.69, 9.17) is 17.3 Å². The molecule has 3 heterocycles. The van der Waals surface area contributed by atoms with Gasteiger partial charge in [0.05, 0.1) is 41.1 Å². The molecular weight excluding hydrogens is 482 g/mol. The minimum Gasteiger partial charge on any atom is -0.394 e. The summed E-state index contributed by atoms with van der Waals surface area (Å²) in [5.74, 6) is 5.41. The molecule has 1 aliphatic heterocycles. The third-order valence-corrected chi connectivity index (χ3v) is 7.03. The number of benzene rings is 1. The van der Waals surface area contributed by atoms with Crippen molar-refractivity contribution in [1.82, 2.24) is 24.2 Å². The number of hydrogen-bond acceptors (Lipinski definition) is 6. The first-order chi connectivity index (χ1) is 17.4. The number of rotatable bonds is 6. The quantitative estimate of drug-likeness (QED) is 0.346. The highest BCUT2D eigenvalue weighted by molar-refractivity contribution is 6.32. The van der Waals surface area contributed by atoms with E-state index in [0.29, 0.717) is 35.4 Å². The van der Waals surface area contributed by atoms with Gasteiger partial charge in [-0.1, -0.05) is 24.1 Å². The van der Waals surface area contributed by atoms with Crippen LogP contribution >= 0.6 is 11.6 Å². The van der Waals surface area contributed by atoms with Crippen LogP contribution in [0.2, 0.25) is 5.02 Å². The average molecular weight is 508 g/mol. The molecule has 5 rings (SSSR count). The summed E-state index contributed by atoms with van der Waals surface area (Å²) in [7, 11) is 1.66. The maximum atomic E-state index is 12.4. The van der Waals surface area contributed by atoms with E-state index in [1.54, 1.807) is 16.6 Å². The van der Waals surface area contributed by atoms with E-state index in [0.717, 1.165) is 23.9 Å². The molecule has 2 fully saturated rings. The Morgan fingerprint density at radius 1 is 1.33 bits per heavy atom. The fourth-order valence-corrected chi connectivity index (χ4v) is 5.01. The number of imidazole rings is 1. The Bertz CT molecular complexity index is 1440. The van der Waals surface area contributed by atoms with Gasteiger partial charge in [0.2, 0.25) is 5.91 Å². The number of anilines is 1. The predicted octanol–water partition coefficient (Wildman–Crippen LogP) is 2.08. The van der Waals surface area contributed by atoms with E-state index in [1.165, 1.54) is 6.08 Å². The van der Waals surface area contributed by atoms with Crippen LogP contribution in [0.5, 0.6) is 0 Å². The van der Waals surface area contributed by atoms with Gasteiger partial charge in [0.1, 0.15) is 11.4 Å². The summed E-state index contributed by atoms with van der Waals surface area (Å²) in [5, 5.41) is 17.8. The second-order valence-corrected chi connectivity index (χ2v) is 9.41. The zero-order valence-electron chi connectivity index (χ0n) is 19.7. The Labute approximate surface area is 212 Å². The van der Waals surface area contributed by atoms with E-state index < -0.39 is 5.91 Å². The Morgan fingerprint density at radius 3 is 2.75 bits per heavy atom. The monoisotopic (exact) mass is 507 g/mol. The van der Waals surface area contributed by atoms with E-state index >= 15 is 0 Å². The maximum absolute atomic E-state index is 12.4. The van der Waals surface area contributed by atoms with Crippen LogP contribution in [0.3, 0.4) is 0 Å². The Morgan fingerprint density at radius 2 is 2.11 bits per heavy atom. The van der Waals surface area contributed by atoms with Gasteiger partial charge in [-0.2, -0.15) is 5.10 Å². The largest absolute Gasteiger partial charge is 0.394 e. The van der Waals surface area contributed by atoms with Crippen molar-refractivity contribution in [3.8, 4) is 11.8 Å². The van der Waals surface area contributed by atoms with Crippen molar-refractivity contribution < 1.29 is 14.7 Å². The zero-order chi connectivity index (χ0) is 25.6. The number of carbonyl (C=O) groups excluding carboxylic acids is 2. The second kappa shape index (κ2) is 9.33. The number of nitrogens with one attached hydrogen (secondary N) is 1. The predicted molar refractivity (Wildman–Crippen MR) is 136 cm³/mol. The minimum atomic E-state index is -0.685. The number of nitrogens with two attached hydrogens (primary N) is 1. The molecule has 36 heavy (non-hydrogen) atoms. The van der Waals surface area contributed by atoms with Crippen molar-refractivity contribution in [3.05, 3.63) is 53.0 Å². The van der Waals surface area contributed by atoms with E-state index in [-0.39, 0.29) is 35.9 Å². The Kier molecular flexibility index (Phi) is 6.20. The van der Waals surface area contributed by atoms with Gasteiger partial charge in [-0.25, -0.2) is 9.67 Å². The maximum Gasteiger partial charge on any atom is 0.255 e. The fourth-order valence-electron chi connectivity index (χ4n) is 4.80. The molecule has 3 aromatic rings. The normalized spacial score (nSPS) is 19.2. The van der Waals surface area contributed by atoms with Crippen molar-refractivity contribution in [2.45, 2.75) is 37.4 Å². The van der Waals surface area contributed by atoms with Crippen molar-refractivity contribution in [2.75, 3.05) is 25.5 Å². The number of carbonyl (C=O) groups is 2. The number of fused-ring (bicyclic) bond motifs is 1. The number of aliphatic hydroxyl groups excluding tert-OH is 1. The van der Waals surface area contributed by atoms with E-state index in [1.807, 2.05) is 18.5 Å². The number of amides is 2. The molecule has 1 saturated heterocycles. The highest BCUT2D eigenvalue weighted by Crippen LogP contribution is 2.38. The van der Waals surface area contributed by atoms with Crippen molar-refractivity contribution >= 4 is 40.3 Å². The average Bonchev–Trinajstić information content (AvgIpc) is 3.32. The first-order valence-electron chi connectivity index (χ1n) is 11.7. The van der Waals surface area contributed by atoms with E-state index in [9.17, 15) is 14.7 Å². The third kappa shape index (κ3) is 4.10. The van der Waals surface area contributed by atoms with Crippen molar-refractivity contribution in [3.63, 3.8) is 0 Å². The summed E-state index contributed by atoms with van der Waals surface area (Å²) in [5.41, 5.74) is 8.37. The molecule has 2 aromatic heterocycles. The summed E-state index contributed by atoms with van der Waals surface area (Å²) in [4.78, 5) is 30.7. The number of aliphatic hydroxyl groups is 1. The molecule has 4 N–H and O–H groups in total. The lowest BCUT2D eigenvalue weighted by Crippen LogP contribution is -2.36. The van der Waals surface area contributed by atoms with E-state index in [2.05, 4.69) is 38.4 Å². The van der Waals surface area contributed by atoms with Crippen LogP contribution < -0.4 is 11.1 Å². The summed E-state index contributed by atoms with van der Waals surface area (Å²) in [6.07, 6.45) is 5.76. The lowest BCUT2D eigenvalue weighted by atomic mass is 10.1. The molecule has 1 saturated carbocycles. The van der Waals surface area contributed by atoms with Gasteiger partial charge in [0.25, 0.3) is 5.91 Å². The molecule has 0 bridgehead atoms. The lowest BCUT2D eigenvalue weighted by molar-refractivity contribution is -0.127. The topological polar surface area (TPSA) is 131 Å². The Hall–Kier alpha value is -3.81. The van der Waals surface area contributed by atoms with Crippen LogP contribution in [0.15, 0.2) is 31.1 Å². The molecule has 2 amide bonds. The van der Waals surface area contributed by atoms with Crippen LogP contribution in [0, 0.1) is 11.8 Å². The van der Waals surface area contributed by atoms with Crippen molar-refractivity contribution in [1.29, 1.82) is 0 Å². The lowest BCUT2D eigenvalue weighted by Gasteiger charge is -2.20. The molecule has 11 heteroatoms. The molecule has 10 nitrogen and oxygen atoms in total. The summed E-state index contributed by atoms with van der Waals surface area (Å²) in [6, 6.07) is 3.47. The molecule has 1 aliphatic carbocycles. The van der Waals surface area contributed by atoms with Crippen LogP contribution in [0.25, 0.3) is 11.0 Å². The molecule has 2 aliphatic rings. The molecule has 1 unspecified atom stereocenters. The van der Waals surface area contributed by atoms with Crippen molar-refractivity contribution in [2.24, 2.45) is 5.73 Å². The van der Waals surface area contributed by atoms with Crippen LogP contribution in [-0.4, -0.2) is 67.4 Å². The van der Waals surface area contributed by atoms with Gasteiger partial charge >= 0.3 is 0 Å². The van der Waals surface area contributed by atoms with Crippen LogP contribution in [0.4, 0.5) is 5.82 Å². The number of nitrogens with zero attached hydrogens (tertiary/aromatic N) is 5. The van der Waals surface area contributed by atoms with Gasteiger partial charge in [-0.15, -0.1) is 0 Å². The van der Waals surface area contributed by atoms with Gasteiger partial charge < -0.3 is 25.6 Å². The van der Waals surface area contributed by atoms with Crippen LogP contribution in [0.1, 0.15) is 53.0 Å². The number of hydrogen-bond donors (Lipinski definition) is 3. The van der Waals surface area contributed by atoms with Crippen LogP contribution in [-0.2, 0) is 4.79 Å². The molecular formula is C25H26ClN7O3. The fraction of sp³-hybridized carbons (Fsp3) is 0.360. The number of likely N-dealkylation sites (tertiary alicyclic amines) is 1. The molecule has 186 valence electrons. The number of halogens is 1. The standard InChI is InChI=1S/C25H26ClN7O3/c1-3-22(35)31-11-16(9-17(31)12-34)33-25(28-2)23(24(27)36)19(30-33)7-4-14-8-20-21(10-18(14)26)32(13-29-20)15-5-6-15/h3,8,10,13,15-17,28,34H,1,5-6,9,11-12H2,2H3,(H2,27,36)/t16?,17-/m1/s1. The van der Waals surface area contributed by atoms with Gasteiger partial charge in [-0.05, 0) is 43.4 Å². The highest BCUT2D eigenvalue weighted by atomic mass is 35.5. The molecule has 1 aromatic carbocycles. The summed E-state index contributed by atoms with van der Waals surface area (Å²) >= 11 is 6.54.